The number of aromatic nitrogens is 2. The molecule has 25 heavy (non-hydrogen) atoms. The molecule has 5 nitrogen and oxygen atoms in total. The average molecular weight is 401 g/mol. The highest BCUT2D eigenvalue weighted by molar-refractivity contribution is 6.36. The third-order valence-corrected chi connectivity index (χ3v) is 5.42. The lowest BCUT2D eigenvalue weighted by Gasteiger charge is -2.30. The molecule has 1 aliphatic heterocycles. The Kier molecular flexibility index (Phi) is 5.89. The number of benzene rings is 1. The Morgan fingerprint density at radius 2 is 1.76 bits per heavy atom. The van der Waals surface area contributed by atoms with Crippen LogP contribution >= 0.6 is 34.8 Å². The first kappa shape index (κ1) is 18.5. The highest BCUT2D eigenvalue weighted by Gasteiger charge is 2.16. The van der Waals surface area contributed by atoms with E-state index in [0.717, 1.165) is 43.0 Å². The van der Waals surface area contributed by atoms with Crippen molar-refractivity contribution < 1.29 is 0 Å². The summed E-state index contributed by atoms with van der Waals surface area (Å²) in [6.07, 6.45) is 1.79. The van der Waals surface area contributed by atoms with Gasteiger partial charge in [-0.25, -0.2) is 4.68 Å². The summed E-state index contributed by atoms with van der Waals surface area (Å²) in [5.74, 6) is 0. The molecule has 8 heteroatoms. The summed E-state index contributed by atoms with van der Waals surface area (Å²) in [4.78, 5) is 2.29. The molecule has 1 aliphatic rings. The third kappa shape index (κ3) is 4.29. The lowest BCUT2D eigenvalue weighted by molar-refractivity contribution is 0.159. The van der Waals surface area contributed by atoms with Crippen LogP contribution in [0.25, 0.3) is 0 Å². The number of hydrazone groups is 1. The second kappa shape index (κ2) is 7.96. The van der Waals surface area contributed by atoms with Crippen molar-refractivity contribution in [2.45, 2.75) is 13.5 Å². The molecule has 0 unspecified atom stereocenters. The molecule has 0 saturated carbocycles. The summed E-state index contributed by atoms with van der Waals surface area (Å²) in [6.45, 7) is 6.17. The van der Waals surface area contributed by atoms with Crippen molar-refractivity contribution in [3.05, 3.63) is 50.2 Å². The molecule has 2 aromatic rings. The minimum Gasteiger partial charge on any atom is -0.303 e. The van der Waals surface area contributed by atoms with E-state index in [1.165, 1.54) is 0 Å². The van der Waals surface area contributed by atoms with E-state index in [9.17, 15) is 0 Å². The van der Waals surface area contributed by atoms with Gasteiger partial charge in [-0.3, -0.25) is 5.01 Å². The molecule has 134 valence electrons. The molecule has 1 aromatic heterocycles. The van der Waals surface area contributed by atoms with E-state index in [0.29, 0.717) is 21.7 Å². The van der Waals surface area contributed by atoms with Crippen molar-refractivity contribution in [1.29, 1.82) is 0 Å². The zero-order valence-corrected chi connectivity index (χ0v) is 16.5. The Morgan fingerprint density at radius 3 is 2.40 bits per heavy atom. The standard InChI is InChI=1S/C17H20Cl3N5/c1-12-13(10-21-24-8-6-23(2)7-9-24)17(20)25(22-12)11-14-15(18)4-3-5-16(14)19/h3-5,10H,6-9,11H2,1-2H3/b21-10+. The number of rotatable bonds is 4. The number of nitrogens with zero attached hydrogens (tertiary/aromatic N) is 5. The van der Waals surface area contributed by atoms with Gasteiger partial charge in [0.25, 0.3) is 0 Å². The van der Waals surface area contributed by atoms with Gasteiger partial charge >= 0.3 is 0 Å². The second-order valence-corrected chi connectivity index (χ2v) is 7.32. The smallest absolute Gasteiger partial charge is 0.136 e. The SMILES string of the molecule is Cc1nn(Cc2c(Cl)cccc2Cl)c(Cl)c1/C=N/N1CCN(C)CC1. The van der Waals surface area contributed by atoms with E-state index in [2.05, 4.69) is 27.2 Å². The molecule has 0 spiro atoms. The van der Waals surface area contributed by atoms with Crippen molar-refractivity contribution in [3.63, 3.8) is 0 Å². The summed E-state index contributed by atoms with van der Waals surface area (Å²) in [6, 6.07) is 5.43. The van der Waals surface area contributed by atoms with E-state index in [4.69, 9.17) is 34.8 Å². The highest BCUT2D eigenvalue weighted by Crippen LogP contribution is 2.27. The van der Waals surface area contributed by atoms with Crippen LogP contribution in [0.1, 0.15) is 16.8 Å². The van der Waals surface area contributed by atoms with Crippen LogP contribution in [0.15, 0.2) is 23.3 Å². The predicted octanol–water partition coefficient (Wildman–Crippen LogP) is 3.78. The van der Waals surface area contributed by atoms with Crippen LogP contribution in [0.3, 0.4) is 0 Å². The second-order valence-electron chi connectivity index (χ2n) is 6.15. The summed E-state index contributed by atoms with van der Waals surface area (Å²) in [7, 11) is 2.12. The minimum absolute atomic E-state index is 0.417. The molecule has 1 aromatic carbocycles. The van der Waals surface area contributed by atoms with Gasteiger partial charge in [0.15, 0.2) is 0 Å². The zero-order valence-electron chi connectivity index (χ0n) is 14.2. The van der Waals surface area contributed by atoms with Crippen molar-refractivity contribution in [1.82, 2.24) is 19.7 Å². The average Bonchev–Trinajstić information content (AvgIpc) is 2.84. The normalized spacial score (nSPS) is 16.1. The molecular formula is C17H20Cl3N5. The number of piperazine rings is 1. The van der Waals surface area contributed by atoms with E-state index in [1.54, 1.807) is 10.9 Å². The maximum Gasteiger partial charge on any atom is 0.136 e. The van der Waals surface area contributed by atoms with Crippen molar-refractivity contribution in [2.75, 3.05) is 33.2 Å². The Bertz CT molecular complexity index is 759. The van der Waals surface area contributed by atoms with Crippen molar-refractivity contribution >= 4 is 41.0 Å². The van der Waals surface area contributed by atoms with E-state index in [-0.39, 0.29) is 0 Å². The van der Waals surface area contributed by atoms with Gasteiger partial charge in [-0.2, -0.15) is 10.2 Å². The minimum atomic E-state index is 0.417. The first-order valence-corrected chi connectivity index (χ1v) is 9.22. The Hall–Kier alpha value is -1.27. The Labute approximate surface area is 162 Å². The van der Waals surface area contributed by atoms with Crippen LogP contribution in [0.5, 0.6) is 0 Å². The topological polar surface area (TPSA) is 36.7 Å². The fraction of sp³-hybridized carbons (Fsp3) is 0.412. The molecule has 0 N–H and O–H groups in total. The van der Waals surface area contributed by atoms with Crippen LogP contribution < -0.4 is 0 Å². The molecule has 0 bridgehead atoms. The van der Waals surface area contributed by atoms with Crippen LogP contribution in [0.2, 0.25) is 15.2 Å². The van der Waals surface area contributed by atoms with Gasteiger partial charge in [0.1, 0.15) is 5.15 Å². The summed E-state index contributed by atoms with van der Waals surface area (Å²) in [5, 5.41) is 12.9. The van der Waals surface area contributed by atoms with Crippen molar-refractivity contribution in [2.24, 2.45) is 5.10 Å². The molecule has 2 heterocycles. The van der Waals surface area contributed by atoms with Crippen LogP contribution in [-0.2, 0) is 6.54 Å². The van der Waals surface area contributed by atoms with Crippen LogP contribution in [0, 0.1) is 6.92 Å². The Balaban J connectivity index is 1.79. The Morgan fingerprint density at radius 1 is 1.12 bits per heavy atom. The zero-order chi connectivity index (χ0) is 18.0. The van der Waals surface area contributed by atoms with Gasteiger partial charge in [-0.1, -0.05) is 40.9 Å². The monoisotopic (exact) mass is 399 g/mol. The van der Waals surface area contributed by atoms with E-state index in [1.807, 2.05) is 25.1 Å². The highest BCUT2D eigenvalue weighted by atomic mass is 35.5. The molecule has 0 atom stereocenters. The lowest BCUT2D eigenvalue weighted by atomic mass is 10.2. The predicted molar refractivity (Wildman–Crippen MR) is 104 cm³/mol. The van der Waals surface area contributed by atoms with Crippen LogP contribution in [0.4, 0.5) is 0 Å². The molecule has 3 rings (SSSR count). The van der Waals surface area contributed by atoms with Gasteiger partial charge in [-0.15, -0.1) is 0 Å². The number of halogens is 3. The summed E-state index contributed by atoms with van der Waals surface area (Å²) < 4.78 is 1.70. The molecule has 0 radical (unpaired) electrons. The number of aryl methyl sites for hydroxylation is 1. The molecular weight excluding hydrogens is 381 g/mol. The largest absolute Gasteiger partial charge is 0.303 e. The number of likely N-dealkylation sites (N-methyl/N-ethyl adjacent to an activating group) is 1. The first-order valence-electron chi connectivity index (χ1n) is 8.09. The fourth-order valence-electron chi connectivity index (χ4n) is 2.70. The van der Waals surface area contributed by atoms with Crippen LogP contribution in [-0.4, -0.2) is 59.1 Å². The number of hydrogen-bond donors (Lipinski definition) is 0. The summed E-state index contributed by atoms with van der Waals surface area (Å²) >= 11 is 19.0. The van der Waals surface area contributed by atoms with Gasteiger partial charge in [-0.05, 0) is 26.1 Å². The van der Waals surface area contributed by atoms with Gasteiger partial charge < -0.3 is 4.90 Å². The van der Waals surface area contributed by atoms with Gasteiger partial charge in [0, 0.05) is 41.8 Å². The quantitative estimate of drug-likeness (QED) is 0.733. The lowest BCUT2D eigenvalue weighted by Crippen LogP contribution is -2.41. The number of hydrogen-bond acceptors (Lipinski definition) is 4. The molecule has 0 aliphatic carbocycles. The maximum atomic E-state index is 6.52. The molecule has 0 amide bonds. The third-order valence-electron chi connectivity index (χ3n) is 4.31. The summed E-state index contributed by atoms with van der Waals surface area (Å²) in [5.41, 5.74) is 2.45. The molecule has 1 fully saturated rings. The first-order chi connectivity index (χ1) is 12.0. The maximum absolute atomic E-state index is 6.52. The van der Waals surface area contributed by atoms with E-state index >= 15 is 0 Å². The fourth-order valence-corrected chi connectivity index (χ4v) is 3.50. The van der Waals surface area contributed by atoms with Gasteiger partial charge in [0.2, 0.25) is 0 Å². The van der Waals surface area contributed by atoms with Crippen molar-refractivity contribution in [3.8, 4) is 0 Å². The van der Waals surface area contributed by atoms with Gasteiger partial charge in [0.05, 0.1) is 24.0 Å². The molecule has 1 saturated heterocycles. The van der Waals surface area contributed by atoms with E-state index < -0.39 is 0 Å².